The highest BCUT2D eigenvalue weighted by atomic mass is 16.6. The number of nitro benzene ring substituents is 1. The van der Waals surface area contributed by atoms with Gasteiger partial charge in [0, 0.05) is 12.1 Å². The number of hydrogen-bond donors (Lipinski definition) is 0. The first-order valence-electron chi connectivity index (χ1n) is 6.30. The van der Waals surface area contributed by atoms with E-state index in [9.17, 15) is 14.9 Å². The first-order valence-corrected chi connectivity index (χ1v) is 6.30. The van der Waals surface area contributed by atoms with Crippen molar-refractivity contribution in [2.45, 2.75) is 6.92 Å². The molecule has 0 atom stereocenters. The first-order chi connectivity index (χ1) is 10.1. The molecule has 0 unspecified atom stereocenters. The Labute approximate surface area is 121 Å². The number of nitrogens with zero attached hydrogens (tertiary/aromatic N) is 1. The molecule has 0 aliphatic rings. The minimum Gasteiger partial charge on any atom is -0.462 e. The molecule has 0 aromatic heterocycles. The fraction of sp³-hybridized carbons (Fsp3) is 0.133. The molecule has 6 heteroatoms. The van der Waals surface area contributed by atoms with E-state index in [4.69, 9.17) is 9.47 Å². The van der Waals surface area contributed by atoms with Crippen molar-refractivity contribution in [1.29, 1.82) is 0 Å². The van der Waals surface area contributed by atoms with E-state index in [-0.39, 0.29) is 12.3 Å². The van der Waals surface area contributed by atoms with Crippen molar-refractivity contribution in [3.63, 3.8) is 0 Å². The van der Waals surface area contributed by atoms with Gasteiger partial charge < -0.3 is 9.47 Å². The number of nitro groups is 1. The molecule has 0 amide bonds. The van der Waals surface area contributed by atoms with E-state index in [0.717, 1.165) is 0 Å². The van der Waals surface area contributed by atoms with Crippen molar-refractivity contribution in [2.24, 2.45) is 0 Å². The molecule has 0 radical (unpaired) electrons. The molecule has 0 N–H and O–H groups in total. The largest absolute Gasteiger partial charge is 0.462 e. The fourth-order valence-electron chi connectivity index (χ4n) is 1.70. The van der Waals surface area contributed by atoms with Crippen LogP contribution in [0.1, 0.15) is 17.3 Å². The number of carbonyl (C=O) groups excluding carboxylic acids is 1. The Morgan fingerprint density at radius 1 is 1.14 bits per heavy atom. The number of carbonyl (C=O) groups is 1. The van der Waals surface area contributed by atoms with Crippen molar-refractivity contribution < 1.29 is 19.2 Å². The number of non-ortho nitro benzene ring substituents is 1. The summed E-state index contributed by atoms with van der Waals surface area (Å²) in [5.41, 5.74) is 0.277. The monoisotopic (exact) mass is 287 g/mol. The zero-order valence-electron chi connectivity index (χ0n) is 11.3. The highest BCUT2D eigenvalue weighted by Gasteiger charge is 2.14. The molecule has 2 aromatic rings. The van der Waals surface area contributed by atoms with Crippen LogP contribution < -0.4 is 4.74 Å². The number of rotatable bonds is 5. The number of benzene rings is 2. The summed E-state index contributed by atoms with van der Waals surface area (Å²) < 4.78 is 10.5. The third-order valence-electron chi connectivity index (χ3n) is 2.66. The molecule has 0 saturated heterocycles. The second kappa shape index (κ2) is 6.51. The molecule has 0 fully saturated rings. The molecule has 0 heterocycles. The van der Waals surface area contributed by atoms with Crippen LogP contribution in [0.3, 0.4) is 0 Å². The van der Waals surface area contributed by atoms with Crippen molar-refractivity contribution in [3.8, 4) is 11.5 Å². The molecule has 2 rings (SSSR count). The molecule has 0 aliphatic heterocycles. The molecule has 6 nitrogen and oxygen atoms in total. The molecule has 2 aromatic carbocycles. The maximum absolute atomic E-state index is 11.8. The highest BCUT2D eigenvalue weighted by Crippen LogP contribution is 2.27. The second-order valence-corrected chi connectivity index (χ2v) is 4.07. The van der Waals surface area contributed by atoms with Gasteiger partial charge in [-0.2, -0.15) is 0 Å². The summed E-state index contributed by atoms with van der Waals surface area (Å²) in [7, 11) is 0. The minimum atomic E-state index is -0.490. The van der Waals surface area contributed by atoms with Crippen LogP contribution in [-0.4, -0.2) is 17.5 Å². The maximum Gasteiger partial charge on any atom is 0.341 e. The summed E-state index contributed by atoms with van der Waals surface area (Å²) >= 11 is 0. The van der Waals surface area contributed by atoms with E-state index >= 15 is 0 Å². The van der Waals surface area contributed by atoms with Gasteiger partial charge in [0.1, 0.15) is 17.1 Å². The number of para-hydroxylation sites is 1. The summed E-state index contributed by atoms with van der Waals surface area (Å²) in [6.07, 6.45) is 0. The van der Waals surface area contributed by atoms with Gasteiger partial charge in [0.2, 0.25) is 0 Å². The lowest BCUT2D eigenvalue weighted by Gasteiger charge is -2.10. The Hall–Kier alpha value is -2.89. The third kappa shape index (κ3) is 3.56. The van der Waals surface area contributed by atoms with E-state index in [1.807, 2.05) is 0 Å². The predicted octanol–water partition coefficient (Wildman–Crippen LogP) is 3.56. The van der Waals surface area contributed by atoms with Crippen molar-refractivity contribution >= 4 is 11.7 Å². The van der Waals surface area contributed by atoms with Gasteiger partial charge in [-0.25, -0.2) is 4.79 Å². The second-order valence-electron chi connectivity index (χ2n) is 4.07. The van der Waals surface area contributed by atoms with Gasteiger partial charge in [0.25, 0.3) is 5.69 Å². The zero-order valence-corrected chi connectivity index (χ0v) is 11.3. The normalized spacial score (nSPS) is 9.95. The average molecular weight is 287 g/mol. The van der Waals surface area contributed by atoms with Gasteiger partial charge in [-0.1, -0.05) is 12.1 Å². The fourth-order valence-corrected chi connectivity index (χ4v) is 1.70. The number of ether oxygens (including phenoxy) is 2. The number of hydrogen-bond acceptors (Lipinski definition) is 5. The first kappa shape index (κ1) is 14.5. The minimum absolute atomic E-state index is 0.0268. The van der Waals surface area contributed by atoms with Crippen LogP contribution in [0, 0.1) is 10.1 Å². The van der Waals surface area contributed by atoms with E-state index < -0.39 is 10.9 Å². The summed E-state index contributed by atoms with van der Waals surface area (Å²) in [5, 5.41) is 10.6. The van der Waals surface area contributed by atoms with Gasteiger partial charge >= 0.3 is 5.97 Å². The van der Waals surface area contributed by atoms with Gasteiger partial charge in [0.05, 0.1) is 11.5 Å². The lowest BCUT2D eigenvalue weighted by molar-refractivity contribution is -0.384. The summed E-state index contributed by atoms with van der Waals surface area (Å²) in [4.78, 5) is 21.9. The molecular weight excluding hydrogens is 274 g/mol. The zero-order chi connectivity index (χ0) is 15.2. The quantitative estimate of drug-likeness (QED) is 0.477. The Balaban J connectivity index is 2.23. The van der Waals surface area contributed by atoms with Gasteiger partial charge in [0.15, 0.2) is 0 Å². The van der Waals surface area contributed by atoms with Crippen molar-refractivity contribution in [3.05, 3.63) is 64.2 Å². The topological polar surface area (TPSA) is 78.7 Å². The van der Waals surface area contributed by atoms with Gasteiger partial charge in [-0.05, 0) is 31.2 Å². The highest BCUT2D eigenvalue weighted by molar-refractivity contribution is 5.92. The summed E-state index contributed by atoms with van der Waals surface area (Å²) in [5.74, 6) is 0.261. The lowest BCUT2D eigenvalue weighted by Crippen LogP contribution is -2.06. The molecule has 0 spiro atoms. The smallest absolute Gasteiger partial charge is 0.341 e. The number of esters is 1. The maximum atomic E-state index is 11.8. The molecule has 0 bridgehead atoms. The Morgan fingerprint density at radius 2 is 1.81 bits per heavy atom. The standard InChI is InChI=1S/C15H13NO5/c1-2-20-15(17)13-5-3-4-6-14(13)21-12-9-7-11(8-10-12)16(18)19/h3-10H,2H2,1H3. The Morgan fingerprint density at radius 3 is 2.43 bits per heavy atom. The average Bonchev–Trinajstić information content (AvgIpc) is 2.48. The third-order valence-corrected chi connectivity index (χ3v) is 2.66. The molecular formula is C15H13NO5. The van der Waals surface area contributed by atoms with Crippen molar-refractivity contribution in [1.82, 2.24) is 0 Å². The summed E-state index contributed by atoms with van der Waals surface area (Å²) in [6, 6.07) is 12.3. The van der Waals surface area contributed by atoms with Gasteiger partial charge in [-0.15, -0.1) is 0 Å². The van der Waals surface area contributed by atoms with E-state index in [1.54, 1.807) is 31.2 Å². The van der Waals surface area contributed by atoms with Gasteiger partial charge in [-0.3, -0.25) is 10.1 Å². The van der Waals surface area contributed by atoms with Crippen molar-refractivity contribution in [2.75, 3.05) is 6.61 Å². The van der Waals surface area contributed by atoms with Crippen LogP contribution >= 0.6 is 0 Å². The van der Waals surface area contributed by atoms with Crippen LogP contribution in [0.15, 0.2) is 48.5 Å². The Bertz CT molecular complexity index is 651. The SMILES string of the molecule is CCOC(=O)c1ccccc1Oc1ccc([N+](=O)[O-])cc1. The van der Waals surface area contributed by atoms with Crippen LogP contribution in [0.4, 0.5) is 5.69 Å². The molecule has 0 saturated carbocycles. The van der Waals surface area contributed by atoms with Crippen LogP contribution in [0.2, 0.25) is 0 Å². The van der Waals surface area contributed by atoms with E-state index in [1.165, 1.54) is 24.3 Å². The van der Waals surface area contributed by atoms with Crippen LogP contribution in [0.25, 0.3) is 0 Å². The van der Waals surface area contributed by atoms with E-state index in [0.29, 0.717) is 17.1 Å². The lowest BCUT2D eigenvalue weighted by atomic mass is 10.2. The molecule has 108 valence electrons. The van der Waals surface area contributed by atoms with Crippen LogP contribution in [-0.2, 0) is 4.74 Å². The Kier molecular flexibility index (Phi) is 4.50. The predicted molar refractivity (Wildman–Crippen MR) is 75.6 cm³/mol. The molecule has 0 aliphatic carbocycles. The van der Waals surface area contributed by atoms with Crippen LogP contribution in [0.5, 0.6) is 11.5 Å². The summed E-state index contributed by atoms with van der Waals surface area (Å²) in [6.45, 7) is 1.99. The molecule has 21 heavy (non-hydrogen) atoms. The van der Waals surface area contributed by atoms with E-state index in [2.05, 4.69) is 0 Å².